The Kier molecular flexibility index (Phi) is 5.23. The second-order valence-corrected chi connectivity index (χ2v) is 5.50. The highest BCUT2D eigenvalue weighted by Gasteiger charge is 2.10. The maximum atomic E-state index is 12.2. The van der Waals surface area contributed by atoms with Crippen molar-refractivity contribution in [3.8, 4) is 0 Å². The lowest BCUT2D eigenvalue weighted by molar-refractivity contribution is 0.0967. The fraction of sp³-hybridized carbons (Fsp3) is 0.333. The molecule has 110 valence electrons. The monoisotopic (exact) mass is 282 g/mol. The highest BCUT2D eigenvalue weighted by atomic mass is 16.1. The Hall–Kier alpha value is -2.00. The van der Waals surface area contributed by atoms with Crippen molar-refractivity contribution in [3.05, 3.63) is 65.0 Å². The summed E-state index contributed by atoms with van der Waals surface area (Å²) in [6.45, 7) is 5.48. The second kappa shape index (κ2) is 7.14. The van der Waals surface area contributed by atoms with E-state index in [0.29, 0.717) is 6.42 Å². The van der Waals surface area contributed by atoms with Gasteiger partial charge < -0.3 is 4.90 Å². The fourth-order valence-corrected chi connectivity index (χ4v) is 2.36. The lowest BCUT2D eigenvalue weighted by Crippen LogP contribution is -2.22. The van der Waals surface area contributed by atoms with Crippen LogP contribution in [0.15, 0.2) is 42.5 Å². The van der Waals surface area contributed by atoms with Crippen LogP contribution in [0.3, 0.4) is 0 Å². The highest BCUT2D eigenvalue weighted by molar-refractivity contribution is 5.97. The quantitative estimate of drug-likeness (QED) is 0.761. The molecule has 0 aliphatic carbocycles. The topological polar surface area (TPSA) is 33.2 Å². The number of hydrogen-bond donors (Lipinski definition) is 0. The van der Waals surface area contributed by atoms with Crippen molar-refractivity contribution in [2.45, 2.75) is 26.8 Å². The maximum Gasteiger partial charge on any atom is 0.164 e. The first kappa shape index (κ1) is 15.4. The summed E-state index contributed by atoms with van der Waals surface area (Å²) in [6.07, 6.45) is 0.535. The molecular weight excluding hydrogens is 260 g/mol. The molecular formula is C18H22N2O. The number of Topliss-reactive ketones (excluding diaryl/α,β-unsaturated/α-hetero) is 1. The Morgan fingerprint density at radius 3 is 2.57 bits per heavy atom. The van der Waals surface area contributed by atoms with Gasteiger partial charge in [-0.3, -0.25) is 9.78 Å². The first-order chi connectivity index (χ1) is 10.1. The van der Waals surface area contributed by atoms with Gasteiger partial charge in [0.25, 0.3) is 0 Å². The largest absolute Gasteiger partial charge is 0.300 e. The zero-order valence-electron chi connectivity index (χ0n) is 13.0. The minimum Gasteiger partial charge on any atom is -0.300 e. The van der Waals surface area contributed by atoms with Crippen molar-refractivity contribution in [2.75, 3.05) is 13.6 Å². The van der Waals surface area contributed by atoms with Crippen molar-refractivity contribution < 1.29 is 4.79 Å². The Morgan fingerprint density at radius 1 is 1.10 bits per heavy atom. The summed E-state index contributed by atoms with van der Waals surface area (Å²) in [4.78, 5) is 18.9. The SMILES string of the molecule is Cc1cccc(CN(C)CCC(=O)c2ccccc2C)n1. The predicted octanol–water partition coefficient (Wildman–Crippen LogP) is 3.40. The minimum atomic E-state index is 0.206. The normalized spacial score (nSPS) is 10.9. The van der Waals surface area contributed by atoms with Crippen molar-refractivity contribution in [3.63, 3.8) is 0 Å². The third kappa shape index (κ3) is 4.50. The molecule has 0 aliphatic rings. The van der Waals surface area contributed by atoms with Crippen molar-refractivity contribution in [1.29, 1.82) is 0 Å². The van der Waals surface area contributed by atoms with E-state index in [1.165, 1.54) is 0 Å². The maximum absolute atomic E-state index is 12.2. The van der Waals surface area contributed by atoms with Gasteiger partial charge in [-0.1, -0.05) is 30.3 Å². The molecule has 3 nitrogen and oxygen atoms in total. The number of pyridine rings is 1. The molecule has 0 unspecified atom stereocenters. The number of carbonyl (C=O) groups excluding carboxylic acids is 1. The first-order valence-electron chi connectivity index (χ1n) is 7.26. The molecule has 0 N–H and O–H groups in total. The Balaban J connectivity index is 1.88. The lowest BCUT2D eigenvalue weighted by Gasteiger charge is -2.16. The number of nitrogens with zero attached hydrogens (tertiary/aromatic N) is 2. The van der Waals surface area contributed by atoms with E-state index in [1.54, 1.807) is 0 Å². The molecule has 21 heavy (non-hydrogen) atoms. The molecule has 0 spiro atoms. The van der Waals surface area contributed by atoms with Crippen LogP contribution in [0.2, 0.25) is 0 Å². The molecule has 0 saturated carbocycles. The van der Waals surface area contributed by atoms with E-state index >= 15 is 0 Å². The van der Waals surface area contributed by atoms with E-state index < -0.39 is 0 Å². The van der Waals surface area contributed by atoms with Gasteiger partial charge in [0, 0.05) is 30.8 Å². The molecule has 0 amide bonds. The van der Waals surface area contributed by atoms with Gasteiger partial charge in [0.05, 0.1) is 5.69 Å². The summed E-state index contributed by atoms with van der Waals surface area (Å²) in [5.74, 6) is 0.206. The Morgan fingerprint density at radius 2 is 1.86 bits per heavy atom. The van der Waals surface area contributed by atoms with Crippen LogP contribution in [0.25, 0.3) is 0 Å². The summed E-state index contributed by atoms with van der Waals surface area (Å²) in [6, 6.07) is 13.8. The average molecular weight is 282 g/mol. The molecule has 0 radical (unpaired) electrons. The van der Waals surface area contributed by atoms with Crippen LogP contribution < -0.4 is 0 Å². The fourth-order valence-electron chi connectivity index (χ4n) is 2.36. The molecule has 2 rings (SSSR count). The van der Waals surface area contributed by atoms with Gasteiger partial charge in [-0.15, -0.1) is 0 Å². The number of rotatable bonds is 6. The molecule has 1 heterocycles. The zero-order chi connectivity index (χ0) is 15.2. The number of ketones is 1. The average Bonchev–Trinajstić information content (AvgIpc) is 2.45. The van der Waals surface area contributed by atoms with E-state index in [9.17, 15) is 4.79 Å². The molecule has 2 aromatic rings. The van der Waals surface area contributed by atoms with Gasteiger partial charge in [-0.25, -0.2) is 0 Å². The molecule has 0 fully saturated rings. The summed E-state index contributed by atoms with van der Waals surface area (Å²) >= 11 is 0. The van der Waals surface area contributed by atoms with Crippen molar-refractivity contribution in [1.82, 2.24) is 9.88 Å². The second-order valence-electron chi connectivity index (χ2n) is 5.50. The number of hydrogen-bond acceptors (Lipinski definition) is 3. The van der Waals surface area contributed by atoms with E-state index in [0.717, 1.165) is 35.6 Å². The summed E-state index contributed by atoms with van der Waals surface area (Å²) in [5.41, 5.74) is 3.95. The molecule has 0 atom stereocenters. The van der Waals surface area contributed by atoms with Gasteiger partial charge in [0.2, 0.25) is 0 Å². The molecule has 3 heteroatoms. The third-order valence-corrected chi connectivity index (χ3v) is 3.54. The van der Waals surface area contributed by atoms with E-state index in [-0.39, 0.29) is 5.78 Å². The van der Waals surface area contributed by atoms with E-state index in [4.69, 9.17) is 0 Å². The van der Waals surface area contributed by atoms with Crippen LogP contribution >= 0.6 is 0 Å². The molecule has 0 aliphatic heterocycles. The standard InChI is InChI=1S/C18H22N2O/c1-14-7-4-5-10-17(14)18(21)11-12-20(3)13-16-9-6-8-15(2)19-16/h4-10H,11-13H2,1-3H3. The molecule has 0 bridgehead atoms. The number of carbonyl (C=O) groups is 1. The lowest BCUT2D eigenvalue weighted by atomic mass is 10.0. The zero-order valence-corrected chi connectivity index (χ0v) is 13.0. The van der Waals surface area contributed by atoms with Crippen LogP contribution in [0.1, 0.15) is 33.7 Å². The van der Waals surface area contributed by atoms with Gasteiger partial charge in [-0.2, -0.15) is 0 Å². The number of aromatic nitrogens is 1. The van der Waals surface area contributed by atoms with Gasteiger partial charge >= 0.3 is 0 Å². The van der Waals surface area contributed by atoms with Crippen LogP contribution in [-0.2, 0) is 6.54 Å². The molecule has 0 saturated heterocycles. The molecule has 1 aromatic carbocycles. The minimum absolute atomic E-state index is 0.206. The number of benzene rings is 1. The summed E-state index contributed by atoms with van der Waals surface area (Å²) in [5, 5.41) is 0. The van der Waals surface area contributed by atoms with Crippen LogP contribution in [0, 0.1) is 13.8 Å². The van der Waals surface area contributed by atoms with Crippen LogP contribution in [-0.4, -0.2) is 29.3 Å². The van der Waals surface area contributed by atoms with E-state index in [2.05, 4.69) is 9.88 Å². The molecule has 1 aromatic heterocycles. The van der Waals surface area contributed by atoms with Gasteiger partial charge in [0.15, 0.2) is 5.78 Å². The van der Waals surface area contributed by atoms with E-state index in [1.807, 2.05) is 63.4 Å². The van der Waals surface area contributed by atoms with Crippen LogP contribution in [0.5, 0.6) is 0 Å². The van der Waals surface area contributed by atoms with Gasteiger partial charge in [0.1, 0.15) is 0 Å². The first-order valence-corrected chi connectivity index (χ1v) is 7.26. The third-order valence-electron chi connectivity index (χ3n) is 3.54. The Bertz CT molecular complexity index is 622. The number of aryl methyl sites for hydroxylation is 2. The van der Waals surface area contributed by atoms with Crippen molar-refractivity contribution in [2.24, 2.45) is 0 Å². The van der Waals surface area contributed by atoms with Crippen molar-refractivity contribution >= 4 is 5.78 Å². The summed E-state index contributed by atoms with van der Waals surface area (Å²) < 4.78 is 0. The smallest absolute Gasteiger partial charge is 0.164 e. The van der Waals surface area contributed by atoms with Gasteiger partial charge in [-0.05, 0) is 38.6 Å². The predicted molar refractivity (Wildman–Crippen MR) is 85.4 cm³/mol. The Labute approximate surface area is 126 Å². The highest BCUT2D eigenvalue weighted by Crippen LogP contribution is 2.10. The van der Waals surface area contributed by atoms with Crippen LogP contribution in [0.4, 0.5) is 0 Å². The summed E-state index contributed by atoms with van der Waals surface area (Å²) in [7, 11) is 2.02.